The number of rotatable bonds is 10. The molecular weight excluding hydrogens is 422 g/mol. The lowest BCUT2D eigenvalue weighted by Gasteiger charge is -2.30. The molecule has 3 rings (SSSR count). The Morgan fingerprint density at radius 2 is 2.00 bits per heavy atom. The van der Waals surface area contributed by atoms with Crippen LogP contribution in [0.1, 0.15) is 45.6 Å². The summed E-state index contributed by atoms with van der Waals surface area (Å²) in [7, 11) is 0. The minimum atomic E-state index is -0.867. The van der Waals surface area contributed by atoms with Gasteiger partial charge in [-0.15, -0.1) is 0 Å². The first kappa shape index (κ1) is 24.5. The number of amides is 2. The highest BCUT2D eigenvalue weighted by Crippen LogP contribution is 2.29. The van der Waals surface area contributed by atoms with Crippen molar-refractivity contribution in [3.05, 3.63) is 54.4 Å². The molecule has 1 saturated heterocycles. The van der Waals surface area contributed by atoms with Gasteiger partial charge in [0.25, 0.3) is 0 Å². The van der Waals surface area contributed by atoms with Crippen LogP contribution in [0.5, 0.6) is 5.75 Å². The molecule has 0 saturated carbocycles. The number of hydrogen-bond acceptors (Lipinski definition) is 5. The minimum Gasteiger partial charge on any atom is -0.409 e. The molecule has 2 amide bonds. The van der Waals surface area contributed by atoms with Crippen molar-refractivity contribution in [1.29, 1.82) is 0 Å². The minimum absolute atomic E-state index is 0.0142. The lowest BCUT2D eigenvalue weighted by molar-refractivity contribution is -0.128. The Bertz CT molecular complexity index is 927. The maximum atomic E-state index is 13.2. The molecule has 3 N–H and O–H groups in total. The van der Waals surface area contributed by atoms with E-state index in [2.05, 4.69) is 41.6 Å². The van der Waals surface area contributed by atoms with E-state index in [1.807, 2.05) is 25.1 Å². The Hall–Kier alpha value is -3.13. The number of hydrogen-bond donors (Lipinski definition) is 3. The Balaban J connectivity index is 1.68. The number of ketones is 1. The SMILES string of the molecule is CCC1OCC(=O)C1NC(=O)[C@H](CC(C)(C)CCc1ccccc1)NC(=O)Oc1cc[nH]c1. The topological polar surface area (TPSA) is 110 Å². The zero-order valence-corrected chi connectivity index (χ0v) is 19.4. The van der Waals surface area contributed by atoms with Crippen molar-refractivity contribution in [1.82, 2.24) is 15.6 Å². The van der Waals surface area contributed by atoms with Crippen LogP contribution in [0, 0.1) is 5.41 Å². The highest BCUT2D eigenvalue weighted by atomic mass is 16.6. The van der Waals surface area contributed by atoms with Gasteiger partial charge in [0.2, 0.25) is 5.91 Å². The Kier molecular flexibility index (Phi) is 8.27. The van der Waals surface area contributed by atoms with Crippen molar-refractivity contribution in [2.45, 2.75) is 64.6 Å². The predicted molar refractivity (Wildman–Crippen MR) is 124 cm³/mol. The van der Waals surface area contributed by atoms with Gasteiger partial charge in [-0.05, 0) is 42.7 Å². The Morgan fingerprint density at radius 1 is 1.24 bits per heavy atom. The van der Waals surface area contributed by atoms with Crippen LogP contribution < -0.4 is 15.4 Å². The maximum Gasteiger partial charge on any atom is 0.413 e. The summed E-state index contributed by atoms with van der Waals surface area (Å²) in [6.45, 7) is 6.01. The normalized spacial score (nSPS) is 19.2. The smallest absolute Gasteiger partial charge is 0.409 e. The first-order chi connectivity index (χ1) is 15.8. The highest BCUT2D eigenvalue weighted by molar-refractivity contribution is 5.94. The number of aromatic nitrogens is 1. The van der Waals surface area contributed by atoms with E-state index < -0.39 is 24.1 Å². The second-order valence-electron chi connectivity index (χ2n) is 9.20. The standard InChI is InChI=1S/C25H33N3O5/c1-4-21-22(20(29)16-32-21)28-23(30)19(27-24(31)33-18-11-13-26-15-18)14-25(2,3)12-10-17-8-6-5-7-9-17/h5-9,11,13,15,19,21-22,26H,4,10,12,14,16H2,1-3H3,(H,27,31)(H,28,30)/t19-,21?,22?/m0/s1. The molecule has 1 aliphatic rings. The molecule has 0 spiro atoms. The number of aryl methyl sites for hydroxylation is 1. The molecule has 0 bridgehead atoms. The van der Waals surface area contributed by atoms with Gasteiger partial charge in [0, 0.05) is 12.4 Å². The van der Waals surface area contributed by atoms with E-state index in [0.717, 1.165) is 12.8 Å². The van der Waals surface area contributed by atoms with Crippen LogP contribution in [0.2, 0.25) is 0 Å². The number of benzene rings is 1. The van der Waals surface area contributed by atoms with Crippen molar-refractivity contribution in [3.63, 3.8) is 0 Å². The van der Waals surface area contributed by atoms with E-state index >= 15 is 0 Å². The van der Waals surface area contributed by atoms with Crippen molar-refractivity contribution in [2.75, 3.05) is 6.61 Å². The molecule has 2 unspecified atom stereocenters. The van der Waals surface area contributed by atoms with Crippen molar-refractivity contribution >= 4 is 17.8 Å². The Morgan fingerprint density at radius 3 is 2.67 bits per heavy atom. The number of ether oxygens (including phenoxy) is 2. The van der Waals surface area contributed by atoms with Gasteiger partial charge in [0.1, 0.15) is 24.4 Å². The number of carbonyl (C=O) groups excluding carboxylic acids is 3. The quantitative estimate of drug-likeness (QED) is 0.509. The summed E-state index contributed by atoms with van der Waals surface area (Å²) in [4.78, 5) is 40.7. The summed E-state index contributed by atoms with van der Waals surface area (Å²) >= 11 is 0. The zero-order chi connectivity index (χ0) is 23.8. The second kappa shape index (κ2) is 11.1. The fourth-order valence-electron chi connectivity index (χ4n) is 4.01. The lowest BCUT2D eigenvalue weighted by Crippen LogP contribution is -2.54. The van der Waals surface area contributed by atoms with Gasteiger partial charge in [-0.25, -0.2) is 4.79 Å². The average Bonchev–Trinajstić information content (AvgIpc) is 3.42. The second-order valence-corrected chi connectivity index (χ2v) is 9.20. The van der Waals surface area contributed by atoms with Crippen molar-refractivity contribution in [2.24, 2.45) is 5.41 Å². The molecule has 1 aromatic carbocycles. The van der Waals surface area contributed by atoms with Gasteiger partial charge in [0.05, 0.1) is 6.10 Å². The monoisotopic (exact) mass is 455 g/mol. The summed E-state index contributed by atoms with van der Waals surface area (Å²) in [5.41, 5.74) is 0.949. The van der Waals surface area contributed by atoms with Crippen LogP contribution in [0.4, 0.5) is 4.79 Å². The molecule has 1 aromatic heterocycles. The number of nitrogens with one attached hydrogen (secondary N) is 3. The van der Waals surface area contributed by atoms with E-state index in [-0.39, 0.29) is 23.9 Å². The van der Waals surface area contributed by atoms with Gasteiger partial charge >= 0.3 is 6.09 Å². The van der Waals surface area contributed by atoms with Crippen LogP contribution >= 0.6 is 0 Å². The molecule has 0 radical (unpaired) electrons. The predicted octanol–water partition coefficient (Wildman–Crippen LogP) is 3.38. The molecule has 1 fully saturated rings. The van der Waals surface area contributed by atoms with E-state index in [4.69, 9.17) is 9.47 Å². The summed E-state index contributed by atoms with van der Waals surface area (Å²) in [5, 5.41) is 5.49. The van der Waals surface area contributed by atoms with E-state index in [9.17, 15) is 14.4 Å². The van der Waals surface area contributed by atoms with Crippen LogP contribution in [-0.2, 0) is 20.7 Å². The maximum absolute atomic E-state index is 13.2. The molecule has 8 heteroatoms. The van der Waals surface area contributed by atoms with E-state index in [1.165, 1.54) is 5.56 Å². The van der Waals surface area contributed by atoms with Gasteiger partial charge < -0.3 is 25.1 Å². The van der Waals surface area contributed by atoms with Gasteiger partial charge in [0.15, 0.2) is 5.78 Å². The van der Waals surface area contributed by atoms with Crippen molar-refractivity contribution < 1.29 is 23.9 Å². The number of carbonyl (C=O) groups is 3. The number of aromatic amines is 1. The summed E-state index contributed by atoms with van der Waals surface area (Å²) < 4.78 is 10.7. The molecular formula is C25H33N3O5. The molecule has 8 nitrogen and oxygen atoms in total. The lowest BCUT2D eigenvalue weighted by atomic mass is 9.80. The van der Waals surface area contributed by atoms with Gasteiger partial charge in [-0.1, -0.05) is 51.1 Å². The van der Waals surface area contributed by atoms with Gasteiger partial charge in [-0.3, -0.25) is 9.59 Å². The van der Waals surface area contributed by atoms with Crippen molar-refractivity contribution in [3.8, 4) is 5.75 Å². The molecule has 2 aromatic rings. The number of Topliss-reactive ketones (excluding diaryl/α,β-unsaturated/α-hetero) is 1. The Labute approximate surface area is 194 Å². The first-order valence-corrected chi connectivity index (χ1v) is 11.4. The van der Waals surface area contributed by atoms with Crippen LogP contribution in [0.15, 0.2) is 48.8 Å². The molecule has 2 heterocycles. The largest absolute Gasteiger partial charge is 0.413 e. The van der Waals surface area contributed by atoms with E-state index in [1.54, 1.807) is 18.5 Å². The fraction of sp³-hybridized carbons (Fsp3) is 0.480. The van der Waals surface area contributed by atoms with Gasteiger partial charge in [-0.2, -0.15) is 0 Å². The number of H-pyrrole nitrogens is 1. The molecule has 178 valence electrons. The van der Waals surface area contributed by atoms with Crippen LogP contribution in [0.25, 0.3) is 0 Å². The summed E-state index contributed by atoms with van der Waals surface area (Å²) in [6, 6.07) is 10.2. The first-order valence-electron chi connectivity index (χ1n) is 11.4. The van der Waals surface area contributed by atoms with Crippen LogP contribution in [-0.4, -0.2) is 47.6 Å². The third-order valence-corrected chi connectivity index (χ3v) is 5.94. The van der Waals surface area contributed by atoms with Crippen LogP contribution in [0.3, 0.4) is 0 Å². The molecule has 0 aliphatic carbocycles. The third kappa shape index (κ3) is 7.18. The fourth-order valence-corrected chi connectivity index (χ4v) is 4.01. The molecule has 3 atom stereocenters. The molecule has 1 aliphatic heterocycles. The summed E-state index contributed by atoms with van der Waals surface area (Å²) in [5.74, 6) is -0.233. The van der Waals surface area contributed by atoms with E-state index in [0.29, 0.717) is 18.6 Å². The zero-order valence-electron chi connectivity index (χ0n) is 19.4. The highest BCUT2D eigenvalue weighted by Gasteiger charge is 2.38. The summed E-state index contributed by atoms with van der Waals surface area (Å²) in [6.07, 6.45) is 4.74. The third-order valence-electron chi connectivity index (χ3n) is 5.94. The molecule has 33 heavy (non-hydrogen) atoms. The average molecular weight is 456 g/mol.